The van der Waals surface area contributed by atoms with Gasteiger partial charge in [0.25, 0.3) is 0 Å². The number of aryl methyl sites for hydroxylation is 1. The van der Waals surface area contributed by atoms with Crippen molar-refractivity contribution in [1.29, 1.82) is 0 Å². The van der Waals surface area contributed by atoms with Crippen molar-refractivity contribution in [2.24, 2.45) is 5.92 Å². The molecule has 2 aliphatic rings. The van der Waals surface area contributed by atoms with Gasteiger partial charge in [0.15, 0.2) is 0 Å². The Morgan fingerprint density at radius 3 is 2.79 bits per heavy atom. The first-order chi connectivity index (χ1) is 9.43. The molecule has 104 valence electrons. The summed E-state index contributed by atoms with van der Waals surface area (Å²) >= 11 is 0. The van der Waals surface area contributed by atoms with Gasteiger partial charge in [0, 0.05) is 17.8 Å². The van der Waals surface area contributed by atoms with E-state index in [1.54, 1.807) is 6.33 Å². The summed E-state index contributed by atoms with van der Waals surface area (Å²) < 4.78 is 0. The minimum Gasteiger partial charge on any atom is -0.370 e. The second-order valence-corrected chi connectivity index (χ2v) is 6.07. The van der Waals surface area contributed by atoms with Crippen LogP contribution in [-0.4, -0.2) is 16.5 Å². The van der Waals surface area contributed by atoms with Crippen LogP contribution in [0.15, 0.2) is 6.33 Å². The molecular formula is C16H25N3. The molecule has 0 saturated heterocycles. The van der Waals surface area contributed by atoms with Crippen molar-refractivity contribution in [2.45, 2.75) is 64.2 Å². The first-order valence-corrected chi connectivity index (χ1v) is 8.00. The average Bonchev–Trinajstić information content (AvgIpc) is 2.97. The van der Waals surface area contributed by atoms with Gasteiger partial charge in [-0.25, -0.2) is 9.97 Å². The topological polar surface area (TPSA) is 37.8 Å². The zero-order chi connectivity index (χ0) is 12.9. The van der Waals surface area contributed by atoms with Crippen LogP contribution in [0.25, 0.3) is 0 Å². The van der Waals surface area contributed by atoms with E-state index in [2.05, 4.69) is 15.3 Å². The van der Waals surface area contributed by atoms with Crippen molar-refractivity contribution in [1.82, 2.24) is 9.97 Å². The Bertz CT molecular complexity index is 410. The maximum atomic E-state index is 4.44. The first kappa shape index (κ1) is 12.9. The smallest absolute Gasteiger partial charge is 0.132 e. The number of hydrogen-bond donors (Lipinski definition) is 1. The highest BCUT2D eigenvalue weighted by molar-refractivity contribution is 5.46. The van der Waals surface area contributed by atoms with Crippen molar-refractivity contribution < 1.29 is 0 Å². The van der Waals surface area contributed by atoms with Crippen molar-refractivity contribution in [2.75, 3.05) is 11.9 Å². The molecular weight excluding hydrogens is 234 g/mol. The SMILES string of the molecule is c1nc2c(c(NCCCC3CCCC3)n1)CCCC2. The minimum absolute atomic E-state index is 1.00. The lowest BCUT2D eigenvalue weighted by Gasteiger charge is -2.18. The largest absolute Gasteiger partial charge is 0.370 e. The maximum Gasteiger partial charge on any atom is 0.132 e. The lowest BCUT2D eigenvalue weighted by Crippen LogP contribution is -2.13. The molecule has 0 aliphatic heterocycles. The fraction of sp³-hybridized carbons (Fsp3) is 0.750. The number of hydrogen-bond acceptors (Lipinski definition) is 3. The molecule has 1 saturated carbocycles. The van der Waals surface area contributed by atoms with E-state index in [1.165, 1.54) is 62.6 Å². The van der Waals surface area contributed by atoms with Gasteiger partial charge < -0.3 is 5.32 Å². The summed E-state index contributed by atoms with van der Waals surface area (Å²) in [6, 6.07) is 0. The fourth-order valence-corrected chi connectivity index (χ4v) is 3.57. The fourth-order valence-electron chi connectivity index (χ4n) is 3.57. The summed E-state index contributed by atoms with van der Waals surface area (Å²) in [5.74, 6) is 2.11. The zero-order valence-electron chi connectivity index (χ0n) is 11.8. The molecule has 1 aromatic heterocycles. The van der Waals surface area contributed by atoms with Crippen molar-refractivity contribution in [3.63, 3.8) is 0 Å². The number of anilines is 1. The molecule has 3 rings (SSSR count). The van der Waals surface area contributed by atoms with Crippen LogP contribution in [0.4, 0.5) is 5.82 Å². The van der Waals surface area contributed by atoms with Gasteiger partial charge in [-0.2, -0.15) is 0 Å². The van der Waals surface area contributed by atoms with Crippen LogP contribution < -0.4 is 5.32 Å². The Hall–Kier alpha value is -1.12. The summed E-state index contributed by atoms with van der Waals surface area (Å²) in [5.41, 5.74) is 2.66. The highest BCUT2D eigenvalue weighted by Crippen LogP contribution is 2.29. The second-order valence-electron chi connectivity index (χ2n) is 6.07. The molecule has 3 heteroatoms. The van der Waals surface area contributed by atoms with Crippen molar-refractivity contribution in [3.05, 3.63) is 17.6 Å². The van der Waals surface area contributed by atoms with Crippen LogP contribution in [0, 0.1) is 5.92 Å². The standard InChI is InChI=1S/C16H25N3/c1-2-7-13(6-1)8-5-11-17-16-14-9-3-4-10-15(14)18-12-19-16/h12-13H,1-11H2,(H,17,18,19). The summed E-state index contributed by atoms with van der Waals surface area (Å²) in [6.45, 7) is 1.07. The van der Waals surface area contributed by atoms with Crippen molar-refractivity contribution in [3.8, 4) is 0 Å². The Balaban J connectivity index is 1.49. The van der Waals surface area contributed by atoms with E-state index < -0.39 is 0 Å². The monoisotopic (exact) mass is 259 g/mol. The van der Waals surface area contributed by atoms with Gasteiger partial charge in [0.2, 0.25) is 0 Å². The third-order valence-electron chi connectivity index (χ3n) is 4.68. The Kier molecular flexibility index (Phi) is 4.31. The number of aromatic nitrogens is 2. The van der Waals surface area contributed by atoms with Gasteiger partial charge in [-0.1, -0.05) is 25.7 Å². The first-order valence-electron chi connectivity index (χ1n) is 8.00. The van der Waals surface area contributed by atoms with Gasteiger partial charge in [0.1, 0.15) is 12.1 Å². The van der Waals surface area contributed by atoms with Crippen molar-refractivity contribution >= 4 is 5.82 Å². The third kappa shape index (κ3) is 3.26. The van der Waals surface area contributed by atoms with E-state index in [1.807, 2.05) is 0 Å². The molecule has 0 spiro atoms. The molecule has 19 heavy (non-hydrogen) atoms. The lowest BCUT2D eigenvalue weighted by atomic mass is 9.96. The summed E-state index contributed by atoms with van der Waals surface area (Å²) in [6.07, 6.45) is 15.1. The van der Waals surface area contributed by atoms with Crippen LogP contribution in [0.1, 0.15) is 62.6 Å². The molecule has 0 radical (unpaired) electrons. The minimum atomic E-state index is 1.00. The summed E-state index contributed by atoms with van der Waals surface area (Å²) in [5, 5.41) is 3.55. The van der Waals surface area contributed by atoms with Gasteiger partial charge in [-0.05, 0) is 44.4 Å². The predicted molar refractivity (Wildman–Crippen MR) is 78.4 cm³/mol. The predicted octanol–water partition coefficient (Wildman–Crippen LogP) is 3.74. The average molecular weight is 259 g/mol. The molecule has 0 bridgehead atoms. The summed E-state index contributed by atoms with van der Waals surface area (Å²) in [4.78, 5) is 8.86. The summed E-state index contributed by atoms with van der Waals surface area (Å²) in [7, 11) is 0. The van der Waals surface area contributed by atoms with Crippen LogP contribution >= 0.6 is 0 Å². The van der Waals surface area contributed by atoms with E-state index in [-0.39, 0.29) is 0 Å². The third-order valence-corrected chi connectivity index (χ3v) is 4.68. The van der Waals surface area contributed by atoms with E-state index in [0.29, 0.717) is 0 Å². The van der Waals surface area contributed by atoms with E-state index >= 15 is 0 Å². The van der Waals surface area contributed by atoms with Crippen LogP contribution in [0.3, 0.4) is 0 Å². The number of nitrogens with zero attached hydrogens (tertiary/aromatic N) is 2. The molecule has 3 nitrogen and oxygen atoms in total. The highest BCUT2D eigenvalue weighted by atomic mass is 15.0. The molecule has 0 aromatic carbocycles. The number of fused-ring (bicyclic) bond motifs is 1. The van der Waals surface area contributed by atoms with Crippen LogP contribution in [0.5, 0.6) is 0 Å². The lowest BCUT2D eigenvalue weighted by molar-refractivity contribution is 0.491. The highest BCUT2D eigenvalue weighted by Gasteiger charge is 2.16. The molecule has 0 unspecified atom stereocenters. The maximum absolute atomic E-state index is 4.44. The normalized spacial score (nSPS) is 19.4. The molecule has 0 amide bonds. The molecule has 1 aromatic rings. The van der Waals surface area contributed by atoms with Gasteiger partial charge in [-0.3, -0.25) is 0 Å². The Morgan fingerprint density at radius 2 is 1.89 bits per heavy atom. The van der Waals surface area contributed by atoms with Crippen LogP contribution in [0.2, 0.25) is 0 Å². The van der Waals surface area contributed by atoms with E-state index in [9.17, 15) is 0 Å². The molecule has 2 aliphatic carbocycles. The van der Waals surface area contributed by atoms with Crippen LogP contribution in [-0.2, 0) is 12.8 Å². The molecule has 1 fully saturated rings. The zero-order valence-corrected chi connectivity index (χ0v) is 11.8. The quantitative estimate of drug-likeness (QED) is 0.819. The molecule has 1 N–H and O–H groups in total. The van der Waals surface area contributed by atoms with Gasteiger partial charge in [0.05, 0.1) is 0 Å². The Morgan fingerprint density at radius 1 is 1.05 bits per heavy atom. The molecule has 0 atom stereocenters. The number of rotatable bonds is 5. The van der Waals surface area contributed by atoms with Gasteiger partial charge in [-0.15, -0.1) is 0 Å². The number of nitrogens with one attached hydrogen (secondary N) is 1. The van der Waals surface area contributed by atoms with E-state index in [0.717, 1.165) is 31.1 Å². The molecule has 1 heterocycles. The van der Waals surface area contributed by atoms with Gasteiger partial charge >= 0.3 is 0 Å². The second kappa shape index (κ2) is 6.36. The Labute approximate surface area is 116 Å². The van der Waals surface area contributed by atoms with E-state index in [4.69, 9.17) is 0 Å².